The molecule has 5 heteroatoms. The summed E-state index contributed by atoms with van der Waals surface area (Å²) in [6.45, 7) is 0.174. The Bertz CT molecular complexity index is 331. The molecule has 0 heterocycles. The highest BCUT2D eigenvalue weighted by atomic mass is 19.2. The number of methoxy groups -OCH3 is 1. The van der Waals surface area contributed by atoms with E-state index in [9.17, 15) is 8.78 Å². The van der Waals surface area contributed by atoms with E-state index in [2.05, 4.69) is 10.3 Å². The molecular formula is C10H13F2NO2. The molecule has 0 aliphatic heterocycles. The van der Waals surface area contributed by atoms with Gasteiger partial charge in [-0.25, -0.2) is 8.78 Å². The minimum Gasteiger partial charge on any atom is -0.380 e. The van der Waals surface area contributed by atoms with Gasteiger partial charge < -0.3 is 9.57 Å². The zero-order chi connectivity index (χ0) is 11.3. The number of halogens is 2. The minimum atomic E-state index is -0.868. The van der Waals surface area contributed by atoms with E-state index in [0.717, 1.165) is 0 Å². The Morgan fingerprint density at radius 2 is 1.73 bits per heavy atom. The predicted molar refractivity (Wildman–Crippen MR) is 50.9 cm³/mol. The molecule has 1 aromatic rings. The molecule has 0 aromatic heterocycles. The van der Waals surface area contributed by atoms with Crippen molar-refractivity contribution >= 4 is 0 Å². The van der Waals surface area contributed by atoms with Crippen LogP contribution >= 0.6 is 0 Å². The van der Waals surface area contributed by atoms with Crippen LogP contribution in [-0.2, 0) is 22.7 Å². The van der Waals surface area contributed by atoms with E-state index in [0.29, 0.717) is 0 Å². The fourth-order valence-corrected chi connectivity index (χ4v) is 1.18. The average molecular weight is 217 g/mol. The van der Waals surface area contributed by atoms with Crippen LogP contribution < -0.4 is 5.48 Å². The topological polar surface area (TPSA) is 30.5 Å². The first kappa shape index (κ1) is 12.0. The number of ether oxygens (including phenoxy) is 1. The standard InChI is InChI=1S/C10H13F2NO2/c1-14-6-8-4-3-7(5-13-15-2)9(11)10(8)12/h3-4,13H,5-6H2,1-2H3. The maximum Gasteiger partial charge on any atom is 0.164 e. The van der Waals surface area contributed by atoms with Gasteiger partial charge in [-0.2, -0.15) is 5.48 Å². The summed E-state index contributed by atoms with van der Waals surface area (Å²) in [5, 5.41) is 0. The van der Waals surface area contributed by atoms with Gasteiger partial charge in [-0.05, 0) is 0 Å². The Morgan fingerprint density at radius 3 is 2.33 bits per heavy atom. The second-order valence-corrected chi connectivity index (χ2v) is 2.97. The Hall–Kier alpha value is -1.04. The SMILES string of the molecule is COCc1ccc(CNOC)c(F)c1F. The van der Waals surface area contributed by atoms with Gasteiger partial charge in [0.1, 0.15) is 0 Å². The van der Waals surface area contributed by atoms with Gasteiger partial charge in [0, 0.05) is 24.8 Å². The maximum absolute atomic E-state index is 13.4. The molecular weight excluding hydrogens is 204 g/mol. The van der Waals surface area contributed by atoms with Crippen molar-refractivity contribution in [3.63, 3.8) is 0 Å². The number of benzene rings is 1. The van der Waals surface area contributed by atoms with Crippen LogP contribution in [0.4, 0.5) is 8.78 Å². The van der Waals surface area contributed by atoms with Crippen molar-refractivity contribution in [3.8, 4) is 0 Å². The third kappa shape index (κ3) is 2.95. The molecule has 0 bridgehead atoms. The van der Waals surface area contributed by atoms with Gasteiger partial charge in [0.2, 0.25) is 0 Å². The molecule has 1 N–H and O–H groups in total. The number of rotatable bonds is 5. The summed E-state index contributed by atoms with van der Waals surface area (Å²) in [5.74, 6) is -1.73. The lowest BCUT2D eigenvalue weighted by Crippen LogP contribution is -2.13. The molecule has 0 spiro atoms. The Labute approximate surface area is 87.0 Å². The van der Waals surface area contributed by atoms with Crippen LogP contribution in [0, 0.1) is 11.6 Å². The largest absolute Gasteiger partial charge is 0.380 e. The van der Waals surface area contributed by atoms with E-state index in [1.54, 1.807) is 0 Å². The fraction of sp³-hybridized carbons (Fsp3) is 0.400. The summed E-state index contributed by atoms with van der Waals surface area (Å²) in [4.78, 5) is 4.55. The highest BCUT2D eigenvalue weighted by Crippen LogP contribution is 2.16. The van der Waals surface area contributed by atoms with E-state index in [4.69, 9.17) is 4.74 Å². The summed E-state index contributed by atoms with van der Waals surface area (Å²) >= 11 is 0. The normalized spacial score (nSPS) is 10.7. The van der Waals surface area contributed by atoms with Crippen LogP contribution in [-0.4, -0.2) is 14.2 Å². The van der Waals surface area contributed by atoms with Crippen LogP contribution in [0.2, 0.25) is 0 Å². The summed E-state index contributed by atoms with van der Waals surface area (Å²) in [7, 11) is 2.84. The first-order chi connectivity index (χ1) is 7.20. The van der Waals surface area contributed by atoms with Gasteiger partial charge in [0.05, 0.1) is 13.7 Å². The van der Waals surface area contributed by atoms with E-state index in [1.165, 1.54) is 26.4 Å². The molecule has 0 saturated heterocycles. The van der Waals surface area contributed by atoms with Crippen molar-refractivity contribution in [2.75, 3.05) is 14.2 Å². The molecule has 0 aliphatic rings. The van der Waals surface area contributed by atoms with Crippen LogP contribution in [0.3, 0.4) is 0 Å². The monoisotopic (exact) mass is 217 g/mol. The highest BCUT2D eigenvalue weighted by molar-refractivity contribution is 5.25. The van der Waals surface area contributed by atoms with Crippen LogP contribution in [0.5, 0.6) is 0 Å². The molecule has 84 valence electrons. The molecule has 0 saturated carbocycles. The predicted octanol–water partition coefficient (Wildman–Crippen LogP) is 1.76. The molecule has 0 amide bonds. The Balaban J connectivity index is 2.88. The number of hydrogen-bond donors (Lipinski definition) is 1. The average Bonchev–Trinajstić information content (AvgIpc) is 2.24. The summed E-state index contributed by atoms with van der Waals surface area (Å²) in [5.41, 5.74) is 2.87. The Morgan fingerprint density at radius 1 is 1.13 bits per heavy atom. The molecule has 0 atom stereocenters. The van der Waals surface area contributed by atoms with Gasteiger partial charge in [-0.3, -0.25) is 0 Å². The van der Waals surface area contributed by atoms with E-state index in [1.807, 2.05) is 0 Å². The lowest BCUT2D eigenvalue weighted by Gasteiger charge is -2.07. The van der Waals surface area contributed by atoms with Gasteiger partial charge in [-0.1, -0.05) is 12.1 Å². The van der Waals surface area contributed by atoms with Crippen molar-refractivity contribution < 1.29 is 18.4 Å². The third-order valence-electron chi connectivity index (χ3n) is 1.95. The van der Waals surface area contributed by atoms with Gasteiger partial charge in [-0.15, -0.1) is 0 Å². The van der Waals surface area contributed by atoms with Crippen molar-refractivity contribution in [1.29, 1.82) is 0 Å². The molecule has 3 nitrogen and oxygen atoms in total. The summed E-state index contributed by atoms with van der Waals surface area (Å²) < 4.78 is 31.5. The van der Waals surface area contributed by atoms with Crippen LogP contribution in [0.15, 0.2) is 12.1 Å². The Kier molecular flexibility index (Phi) is 4.61. The molecule has 0 fully saturated rings. The first-order valence-electron chi connectivity index (χ1n) is 4.41. The lowest BCUT2D eigenvalue weighted by atomic mass is 10.1. The molecule has 0 aliphatic carbocycles. The minimum absolute atomic E-state index is 0.0563. The van der Waals surface area contributed by atoms with Gasteiger partial charge >= 0.3 is 0 Å². The van der Waals surface area contributed by atoms with E-state index >= 15 is 0 Å². The smallest absolute Gasteiger partial charge is 0.164 e. The number of hydroxylamine groups is 1. The van der Waals surface area contributed by atoms with Crippen LogP contribution in [0.1, 0.15) is 11.1 Å². The zero-order valence-electron chi connectivity index (χ0n) is 8.64. The highest BCUT2D eigenvalue weighted by Gasteiger charge is 2.12. The van der Waals surface area contributed by atoms with Crippen LogP contribution in [0.25, 0.3) is 0 Å². The van der Waals surface area contributed by atoms with E-state index in [-0.39, 0.29) is 24.3 Å². The second kappa shape index (κ2) is 5.75. The van der Waals surface area contributed by atoms with Crippen molar-refractivity contribution in [2.24, 2.45) is 0 Å². The summed E-state index contributed by atoms with van der Waals surface area (Å²) in [6, 6.07) is 2.99. The summed E-state index contributed by atoms with van der Waals surface area (Å²) in [6.07, 6.45) is 0. The number of nitrogens with one attached hydrogen (secondary N) is 1. The molecule has 15 heavy (non-hydrogen) atoms. The third-order valence-corrected chi connectivity index (χ3v) is 1.95. The number of hydrogen-bond acceptors (Lipinski definition) is 3. The molecule has 0 unspecified atom stereocenters. The zero-order valence-corrected chi connectivity index (χ0v) is 8.64. The van der Waals surface area contributed by atoms with Crippen molar-refractivity contribution in [3.05, 3.63) is 34.9 Å². The molecule has 1 aromatic carbocycles. The second-order valence-electron chi connectivity index (χ2n) is 2.97. The lowest BCUT2D eigenvalue weighted by molar-refractivity contribution is 0.0857. The quantitative estimate of drug-likeness (QED) is 0.762. The van der Waals surface area contributed by atoms with Crippen molar-refractivity contribution in [2.45, 2.75) is 13.2 Å². The molecule has 0 radical (unpaired) electrons. The van der Waals surface area contributed by atoms with Gasteiger partial charge in [0.15, 0.2) is 11.6 Å². The molecule has 1 rings (SSSR count). The first-order valence-corrected chi connectivity index (χ1v) is 4.41. The maximum atomic E-state index is 13.4. The fourth-order valence-electron chi connectivity index (χ4n) is 1.18. The van der Waals surface area contributed by atoms with E-state index < -0.39 is 11.6 Å². The van der Waals surface area contributed by atoms with Gasteiger partial charge in [0.25, 0.3) is 0 Å². The van der Waals surface area contributed by atoms with Crippen molar-refractivity contribution in [1.82, 2.24) is 5.48 Å².